The third-order valence-electron chi connectivity index (χ3n) is 2.09. The van der Waals surface area contributed by atoms with Gasteiger partial charge in [-0.25, -0.2) is 0 Å². The van der Waals surface area contributed by atoms with E-state index in [1.807, 2.05) is 6.92 Å². The third-order valence-corrected chi connectivity index (χ3v) is 4.93. The van der Waals surface area contributed by atoms with E-state index in [0.29, 0.717) is 5.66 Å². The fraction of sp³-hybridized carbons (Fsp3) is 0.667. The number of rotatable bonds is 0. The van der Waals surface area contributed by atoms with Crippen LogP contribution in [0.4, 0.5) is 13.2 Å². The van der Waals surface area contributed by atoms with E-state index in [4.69, 9.17) is 0 Å². The Labute approximate surface area is 57.9 Å². The molecule has 2 rings (SSSR count). The summed E-state index contributed by atoms with van der Waals surface area (Å²) in [6.45, 7) is 1.89. The molecule has 0 bridgehead atoms. The van der Waals surface area contributed by atoms with Crippen LogP contribution in [-0.2, 0) is 0 Å². The molecule has 4 heteroatoms. The summed E-state index contributed by atoms with van der Waals surface area (Å²) in [6, 6.07) is 0. The summed E-state index contributed by atoms with van der Waals surface area (Å²) in [5.41, 5.74) is -0.00673. The molecule has 1 fully saturated rings. The summed E-state index contributed by atoms with van der Waals surface area (Å²) in [5, 5.41) is 0. The number of alkyl halides is 3. The van der Waals surface area contributed by atoms with E-state index in [2.05, 4.69) is 0 Å². The molecule has 0 aromatic carbocycles. The van der Waals surface area contributed by atoms with Gasteiger partial charge in [-0.05, 0) is 5.66 Å². The van der Waals surface area contributed by atoms with Crippen LogP contribution in [0.2, 0.25) is 0 Å². The molecule has 56 valence electrons. The summed E-state index contributed by atoms with van der Waals surface area (Å²) in [6.07, 6.45) is -4.03. The Morgan fingerprint density at radius 2 is 2.10 bits per heavy atom. The van der Waals surface area contributed by atoms with E-state index in [1.165, 1.54) is 5.82 Å². The van der Waals surface area contributed by atoms with Gasteiger partial charge in [0.15, 0.2) is 0 Å². The average Bonchev–Trinajstić information content (AvgIpc) is 1.97. The van der Waals surface area contributed by atoms with Crippen LogP contribution < -0.4 is 0 Å². The lowest BCUT2D eigenvalue weighted by Gasteiger charge is -2.15. The van der Waals surface area contributed by atoms with Crippen molar-refractivity contribution in [1.82, 2.24) is 0 Å². The molecule has 0 nitrogen and oxygen atoms in total. The second-order valence-corrected chi connectivity index (χ2v) is 5.24. The monoisotopic (exact) mass is 166 g/mol. The second kappa shape index (κ2) is 1.58. The number of hydrogen-bond acceptors (Lipinski definition) is 0. The Kier molecular flexibility index (Phi) is 1.05. The summed E-state index contributed by atoms with van der Waals surface area (Å²) in [5.74, 6) is 1.42. The molecule has 0 amide bonds. The van der Waals surface area contributed by atoms with Crippen LogP contribution in [0.5, 0.6) is 0 Å². The minimum absolute atomic E-state index is 0.0741. The Bertz CT molecular complexity index is 206. The molecule has 2 aliphatic rings. The van der Waals surface area contributed by atoms with Crippen LogP contribution in [0.1, 0.15) is 6.92 Å². The van der Waals surface area contributed by atoms with Gasteiger partial charge in [0.2, 0.25) is 0 Å². The van der Waals surface area contributed by atoms with Gasteiger partial charge in [-0.15, -0.1) is 0 Å². The van der Waals surface area contributed by atoms with E-state index >= 15 is 0 Å². The van der Waals surface area contributed by atoms with Crippen molar-refractivity contribution in [1.29, 1.82) is 0 Å². The van der Waals surface area contributed by atoms with Crippen molar-refractivity contribution < 1.29 is 13.2 Å². The summed E-state index contributed by atoms with van der Waals surface area (Å²) >= 11 is 0. The molecule has 0 N–H and O–H groups in total. The lowest BCUT2D eigenvalue weighted by Crippen LogP contribution is -2.18. The van der Waals surface area contributed by atoms with E-state index in [9.17, 15) is 13.2 Å². The largest absolute Gasteiger partial charge is 0.413 e. The van der Waals surface area contributed by atoms with Crippen molar-refractivity contribution in [2.45, 2.75) is 24.4 Å². The smallest absolute Gasteiger partial charge is 0.166 e. The highest BCUT2D eigenvalue weighted by molar-refractivity contribution is 7.72. The molecule has 0 saturated carbocycles. The van der Waals surface area contributed by atoms with Crippen molar-refractivity contribution in [3.8, 4) is 0 Å². The van der Waals surface area contributed by atoms with E-state index in [0.717, 1.165) is 0 Å². The van der Waals surface area contributed by atoms with Gasteiger partial charge in [-0.3, -0.25) is 0 Å². The third kappa shape index (κ3) is 0.672. The van der Waals surface area contributed by atoms with Crippen LogP contribution in [0.25, 0.3) is 0 Å². The highest BCUT2D eigenvalue weighted by atomic mass is 31.1. The predicted molar refractivity (Wildman–Crippen MR) is 34.3 cm³/mol. The molecule has 0 spiro atoms. The van der Waals surface area contributed by atoms with Gasteiger partial charge in [0.25, 0.3) is 0 Å². The first kappa shape index (κ1) is 6.66. The van der Waals surface area contributed by atoms with Crippen molar-refractivity contribution in [3.05, 3.63) is 11.4 Å². The molecular formula is C6H6F3P. The van der Waals surface area contributed by atoms with Crippen molar-refractivity contribution in [2.24, 2.45) is 0 Å². The van der Waals surface area contributed by atoms with Gasteiger partial charge in [0, 0.05) is 11.2 Å². The normalized spacial score (nSPS) is 43.6. The molecule has 0 aromatic heterocycles. The van der Waals surface area contributed by atoms with Gasteiger partial charge in [-0.1, -0.05) is 20.7 Å². The van der Waals surface area contributed by atoms with Crippen molar-refractivity contribution in [2.75, 3.05) is 0 Å². The fourth-order valence-corrected chi connectivity index (χ4v) is 3.84. The molecule has 2 aliphatic heterocycles. The van der Waals surface area contributed by atoms with Crippen molar-refractivity contribution >= 4 is 7.92 Å². The minimum atomic E-state index is -4.03. The quantitative estimate of drug-likeness (QED) is 0.485. The van der Waals surface area contributed by atoms with Gasteiger partial charge in [0.1, 0.15) is 0 Å². The molecule has 3 atom stereocenters. The van der Waals surface area contributed by atoms with Crippen LogP contribution in [0.15, 0.2) is 11.4 Å². The molecule has 2 heterocycles. The highest BCUT2D eigenvalue weighted by Gasteiger charge is 2.61. The molecular weight excluding hydrogens is 160 g/mol. The minimum Gasteiger partial charge on any atom is -0.166 e. The summed E-state index contributed by atoms with van der Waals surface area (Å²) in [4.78, 5) is 0. The number of halogens is 3. The van der Waals surface area contributed by atoms with Crippen LogP contribution in [-0.4, -0.2) is 17.5 Å². The predicted octanol–water partition coefficient (Wildman–Crippen LogP) is 2.70. The van der Waals surface area contributed by atoms with Crippen molar-refractivity contribution in [3.63, 3.8) is 0 Å². The van der Waals surface area contributed by atoms with E-state index < -0.39 is 6.18 Å². The first-order valence-corrected chi connectivity index (χ1v) is 4.63. The topological polar surface area (TPSA) is 0 Å². The Morgan fingerprint density at radius 1 is 1.50 bits per heavy atom. The van der Waals surface area contributed by atoms with Crippen LogP contribution in [0, 0.1) is 0 Å². The molecule has 0 aliphatic carbocycles. The van der Waals surface area contributed by atoms with E-state index in [-0.39, 0.29) is 19.2 Å². The number of allylic oxidation sites excluding steroid dienone is 1. The zero-order valence-corrected chi connectivity index (χ0v) is 6.21. The lowest BCUT2D eigenvalue weighted by atomic mass is 10.2. The maximum atomic E-state index is 11.9. The fourth-order valence-electron chi connectivity index (χ4n) is 1.39. The van der Waals surface area contributed by atoms with Gasteiger partial charge in [-0.2, -0.15) is 13.2 Å². The zero-order chi connectivity index (χ0) is 7.52. The standard InChI is InChI=1S/C6H6F3P/c1-3-5-4(2-10(3)5)6(7,8)9/h2-3,5H,1H3/t3?,5?,10-/m0/s1. The first-order valence-electron chi connectivity index (χ1n) is 3.08. The van der Waals surface area contributed by atoms with Crippen LogP contribution in [0.3, 0.4) is 0 Å². The molecule has 10 heavy (non-hydrogen) atoms. The van der Waals surface area contributed by atoms with Crippen LogP contribution >= 0.6 is 7.92 Å². The lowest BCUT2D eigenvalue weighted by molar-refractivity contribution is -0.0928. The zero-order valence-electron chi connectivity index (χ0n) is 5.31. The molecule has 1 saturated heterocycles. The Balaban J connectivity index is 2.13. The summed E-state index contributed by atoms with van der Waals surface area (Å²) in [7, 11) is -0.298. The Hall–Kier alpha value is -0.0400. The summed E-state index contributed by atoms with van der Waals surface area (Å²) < 4.78 is 35.7. The maximum absolute atomic E-state index is 11.9. The van der Waals surface area contributed by atoms with Gasteiger partial charge >= 0.3 is 6.18 Å². The maximum Gasteiger partial charge on any atom is 0.413 e. The first-order chi connectivity index (χ1) is 4.52. The molecule has 0 radical (unpaired) electrons. The average molecular weight is 166 g/mol. The molecule has 0 aromatic rings. The number of fused-ring (bicyclic) bond motifs is 1. The highest BCUT2D eigenvalue weighted by Crippen LogP contribution is 2.79. The van der Waals surface area contributed by atoms with Gasteiger partial charge < -0.3 is 0 Å². The second-order valence-electron chi connectivity index (χ2n) is 2.71. The SMILES string of the molecule is CC1C2C(C(F)(F)F)=C[P@@]12. The Morgan fingerprint density at radius 3 is 2.20 bits per heavy atom. The number of hydrogen-bond donors (Lipinski definition) is 0. The van der Waals surface area contributed by atoms with Gasteiger partial charge in [0.05, 0.1) is 0 Å². The molecule has 2 unspecified atom stereocenters. The van der Waals surface area contributed by atoms with E-state index in [1.54, 1.807) is 0 Å².